The first-order chi connectivity index (χ1) is 16.3. The molecule has 0 saturated carbocycles. The van der Waals surface area contributed by atoms with Crippen LogP contribution in [0.15, 0.2) is 29.2 Å². The lowest BCUT2D eigenvalue weighted by Crippen LogP contribution is -2.54. The summed E-state index contributed by atoms with van der Waals surface area (Å²) < 4.78 is 27.2. The quantitative estimate of drug-likeness (QED) is 0.620. The molecule has 1 unspecified atom stereocenters. The number of piperazine rings is 1. The van der Waals surface area contributed by atoms with Crippen LogP contribution >= 0.6 is 0 Å². The molecule has 1 aromatic carbocycles. The average Bonchev–Trinajstić information content (AvgIpc) is 3.40. The van der Waals surface area contributed by atoms with Crippen LogP contribution in [-0.2, 0) is 19.6 Å². The Kier molecular flexibility index (Phi) is 8.23. The van der Waals surface area contributed by atoms with Gasteiger partial charge in [-0.15, -0.1) is 0 Å². The topological polar surface area (TPSA) is 93.3 Å². The van der Waals surface area contributed by atoms with Gasteiger partial charge in [0, 0.05) is 58.0 Å². The molecule has 9 nitrogen and oxygen atoms in total. The molecule has 34 heavy (non-hydrogen) atoms. The molecule has 3 aliphatic rings. The number of nitrogens with one attached hydrogen (secondary N) is 1. The van der Waals surface area contributed by atoms with Crippen molar-refractivity contribution in [2.45, 2.75) is 50.0 Å². The van der Waals surface area contributed by atoms with E-state index < -0.39 is 10.0 Å². The van der Waals surface area contributed by atoms with Crippen molar-refractivity contribution in [2.75, 3.05) is 64.2 Å². The summed E-state index contributed by atoms with van der Waals surface area (Å²) in [5, 5.41) is 2.91. The van der Waals surface area contributed by atoms with Gasteiger partial charge in [0.05, 0.1) is 17.5 Å². The zero-order valence-corrected chi connectivity index (χ0v) is 20.9. The van der Waals surface area contributed by atoms with Crippen LogP contribution in [-0.4, -0.2) is 104 Å². The van der Waals surface area contributed by atoms with E-state index in [4.69, 9.17) is 0 Å². The molecule has 10 heteroatoms. The van der Waals surface area contributed by atoms with Crippen molar-refractivity contribution in [3.63, 3.8) is 0 Å². The van der Waals surface area contributed by atoms with Crippen LogP contribution in [0, 0.1) is 0 Å². The number of carbonyl (C=O) groups is 2. The van der Waals surface area contributed by atoms with E-state index >= 15 is 0 Å². The number of anilines is 1. The number of piperidine rings is 1. The van der Waals surface area contributed by atoms with Crippen molar-refractivity contribution in [3.8, 4) is 0 Å². The van der Waals surface area contributed by atoms with Crippen molar-refractivity contribution in [1.29, 1.82) is 0 Å². The number of nitrogens with zero attached hydrogens (tertiary/aromatic N) is 4. The number of rotatable bonds is 7. The Bertz CT molecular complexity index is 948. The van der Waals surface area contributed by atoms with Gasteiger partial charge in [0.25, 0.3) is 0 Å². The molecule has 0 spiro atoms. The Morgan fingerprint density at radius 2 is 1.44 bits per heavy atom. The first-order valence-corrected chi connectivity index (χ1v) is 13.9. The largest absolute Gasteiger partial charge is 0.342 e. The van der Waals surface area contributed by atoms with Crippen LogP contribution in [0.3, 0.4) is 0 Å². The number of sulfonamides is 1. The minimum Gasteiger partial charge on any atom is -0.342 e. The predicted molar refractivity (Wildman–Crippen MR) is 131 cm³/mol. The van der Waals surface area contributed by atoms with Crippen molar-refractivity contribution in [1.82, 2.24) is 19.0 Å². The highest BCUT2D eigenvalue weighted by Crippen LogP contribution is 2.22. The maximum atomic E-state index is 12.8. The van der Waals surface area contributed by atoms with E-state index in [2.05, 4.69) is 15.1 Å². The highest BCUT2D eigenvalue weighted by Gasteiger charge is 2.29. The third kappa shape index (κ3) is 5.97. The Balaban J connectivity index is 1.25. The van der Waals surface area contributed by atoms with Crippen molar-refractivity contribution in [3.05, 3.63) is 24.3 Å². The number of carbonyl (C=O) groups excluding carboxylic acids is 2. The van der Waals surface area contributed by atoms with Crippen molar-refractivity contribution >= 4 is 27.5 Å². The summed E-state index contributed by atoms with van der Waals surface area (Å²) in [6.07, 6.45) is 5.07. The van der Waals surface area contributed by atoms with Gasteiger partial charge in [0.2, 0.25) is 21.8 Å². The van der Waals surface area contributed by atoms with Crippen molar-refractivity contribution in [2.24, 2.45) is 0 Å². The summed E-state index contributed by atoms with van der Waals surface area (Å²) in [5.41, 5.74) is 0.587. The molecule has 3 aliphatic heterocycles. The fourth-order valence-corrected chi connectivity index (χ4v) is 6.46. The van der Waals surface area contributed by atoms with Crippen LogP contribution in [0.2, 0.25) is 0 Å². The van der Waals surface area contributed by atoms with Crippen molar-refractivity contribution < 1.29 is 18.0 Å². The third-order valence-corrected chi connectivity index (χ3v) is 9.14. The summed E-state index contributed by atoms with van der Waals surface area (Å²) in [5.74, 6) is 0.0933. The standard InChI is InChI=1S/C24H37N5O4S/c1-20(27-17-15-26(16-18-27)19-23(30)28-11-5-6-12-28)24(31)25-21-7-9-22(10-8-21)34(32,33)29-13-3-2-4-14-29/h7-10,20H,2-6,11-19H2,1H3,(H,25,31). The van der Waals surface area contributed by atoms with Gasteiger partial charge in [-0.05, 0) is 56.9 Å². The second-order valence-corrected chi connectivity index (χ2v) is 11.5. The number of hydrogen-bond donors (Lipinski definition) is 1. The number of benzene rings is 1. The molecule has 0 bridgehead atoms. The minimum absolute atomic E-state index is 0.117. The van der Waals surface area contributed by atoms with Gasteiger partial charge in [-0.25, -0.2) is 8.42 Å². The Morgan fingerprint density at radius 1 is 0.853 bits per heavy atom. The summed E-state index contributed by atoms with van der Waals surface area (Å²) >= 11 is 0. The van der Waals surface area contributed by atoms with E-state index in [9.17, 15) is 18.0 Å². The van der Waals surface area contributed by atoms with Gasteiger partial charge in [-0.2, -0.15) is 4.31 Å². The van der Waals surface area contributed by atoms with Gasteiger partial charge < -0.3 is 10.2 Å². The molecule has 4 rings (SSSR count). The number of amides is 2. The molecule has 3 fully saturated rings. The molecular formula is C24H37N5O4S. The Hall–Kier alpha value is -2.01. The minimum atomic E-state index is -3.48. The molecule has 188 valence electrons. The highest BCUT2D eigenvalue weighted by molar-refractivity contribution is 7.89. The second-order valence-electron chi connectivity index (χ2n) is 9.55. The summed E-state index contributed by atoms with van der Waals surface area (Å²) in [6.45, 7) is 8.22. The first-order valence-electron chi connectivity index (χ1n) is 12.5. The zero-order valence-electron chi connectivity index (χ0n) is 20.1. The van der Waals surface area contributed by atoms with Gasteiger partial charge in [0.15, 0.2) is 0 Å². The number of hydrogen-bond acceptors (Lipinski definition) is 6. The van der Waals surface area contributed by atoms with E-state index in [1.807, 2.05) is 11.8 Å². The highest BCUT2D eigenvalue weighted by atomic mass is 32.2. The summed E-state index contributed by atoms with van der Waals surface area (Å²) in [6, 6.07) is 6.14. The Labute approximate surface area is 203 Å². The summed E-state index contributed by atoms with van der Waals surface area (Å²) in [7, 11) is -3.48. The van der Waals surface area contributed by atoms with Crippen LogP contribution in [0.25, 0.3) is 0 Å². The molecule has 3 heterocycles. The SMILES string of the molecule is CC(C(=O)Nc1ccc(S(=O)(=O)N2CCCCC2)cc1)N1CCN(CC(=O)N2CCCC2)CC1. The fourth-order valence-electron chi connectivity index (χ4n) is 4.94. The van der Waals surface area contributed by atoms with E-state index in [0.29, 0.717) is 25.3 Å². The molecular weight excluding hydrogens is 454 g/mol. The molecule has 2 amide bonds. The van der Waals surface area contributed by atoms with Crippen LogP contribution < -0.4 is 5.32 Å². The Morgan fingerprint density at radius 3 is 2.06 bits per heavy atom. The molecule has 1 aromatic rings. The molecule has 3 saturated heterocycles. The van der Waals surface area contributed by atoms with Gasteiger partial charge in [0.1, 0.15) is 0 Å². The van der Waals surface area contributed by atoms with Crippen LogP contribution in [0.4, 0.5) is 5.69 Å². The summed E-state index contributed by atoms with van der Waals surface area (Å²) in [4.78, 5) is 31.7. The monoisotopic (exact) mass is 491 g/mol. The lowest BCUT2D eigenvalue weighted by Gasteiger charge is -2.37. The van der Waals surface area contributed by atoms with E-state index in [1.165, 1.54) is 0 Å². The lowest BCUT2D eigenvalue weighted by molar-refractivity contribution is -0.132. The van der Waals surface area contributed by atoms with E-state index in [-0.39, 0.29) is 22.8 Å². The van der Waals surface area contributed by atoms with Gasteiger partial charge in [-0.1, -0.05) is 6.42 Å². The van der Waals surface area contributed by atoms with Gasteiger partial charge in [-0.3, -0.25) is 19.4 Å². The zero-order chi connectivity index (χ0) is 24.1. The molecule has 1 N–H and O–H groups in total. The maximum absolute atomic E-state index is 12.8. The van der Waals surface area contributed by atoms with Crippen LogP contribution in [0.1, 0.15) is 39.0 Å². The maximum Gasteiger partial charge on any atom is 0.243 e. The third-order valence-electron chi connectivity index (χ3n) is 7.23. The van der Waals surface area contributed by atoms with Crippen LogP contribution in [0.5, 0.6) is 0 Å². The molecule has 0 aliphatic carbocycles. The second kappa shape index (κ2) is 11.2. The predicted octanol–water partition coefficient (Wildman–Crippen LogP) is 1.43. The first kappa shape index (κ1) is 25.1. The fraction of sp³-hybridized carbons (Fsp3) is 0.667. The average molecular weight is 492 g/mol. The lowest BCUT2D eigenvalue weighted by atomic mass is 10.2. The molecule has 1 atom stereocenters. The smallest absolute Gasteiger partial charge is 0.243 e. The molecule has 0 radical (unpaired) electrons. The number of likely N-dealkylation sites (tertiary alicyclic amines) is 1. The van der Waals surface area contributed by atoms with E-state index in [1.54, 1.807) is 28.6 Å². The molecule has 0 aromatic heterocycles. The van der Waals surface area contributed by atoms with E-state index in [0.717, 1.165) is 71.4 Å². The van der Waals surface area contributed by atoms with Gasteiger partial charge >= 0.3 is 0 Å². The normalized spacial score (nSPS) is 22.0.